The molecule has 150 valence electrons. The van der Waals surface area contributed by atoms with Gasteiger partial charge >= 0.3 is 5.63 Å². The fraction of sp³-hybridized carbons (Fsp3) is 0.304. The highest BCUT2D eigenvalue weighted by molar-refractivity contribution is 7.91. The van der Waals surface area contributed by atoms with Crippen LogP contribution in [-0.4, -0.2) is 21.7 Å². The first-order valence-electron chi connectivity index (χ1n) is 9.44. The highest BCUT2D eigenvalue weighted by Gasteiger charge is 2.46. The van der Waals surface area contributed by atoms with Gasteiger partial charge in [0, 0.05) is 34.3 Å². The van der Waals surface area contributed by atoms with Crippen molar-refractivity contribution in [2.24, 2.45) is 4.99 Å². The monoisotopic (exact) mass is 408 g/mol. The number of hydrogen-bond donors (Lipinski definition) is 1. The molecule has 2 aromatic carbocycles. The van der Waals surface area contributed by atoms with E-state index in [1.54, 1.807) is 18.2 Å². The van der Waals surface area contributed by atoms with Crippen molar-refractivity contribution >= 4 is 26.4 Å². The third-order valence-corrected chi connectivity index (χ3v) is 7.32. The number of fused-ring (bicyclic) bond motifs is 2. The van der Waals surface area contributed by atoms with Gasteiger partial charge in [-0.15, -0.1) is 0 Å². The van der Waals surface area contributed by atoms with Crippen LogP contribution >= 0.6 is 0 Å². The fourth-order valence-electron chi connectivity index (χ4n) is 3.92. The molecule has 1 aromatic heterocycles. The van der Waals surface area contributed by atoms with Gasteiger partial charge in [0.25, 0.3) is 0 Å². The van der Waals surface area contributed by atoms with E-state index < -0.39 is 20.7 Å². The van der Waals surface area contributed by atoms with Gasteiger partial charge in [0.1, 0.15) is 5.58 Å². The zero-order valence-corrected chi connectivity index (χ0v) is 18.0. The number of nitrogens with one attached hydrogen (secondary N) is 1. The van der Waals surface area contributed by atoms with Crippen LogP contribution in [0.25, 0.3) is 11.0 Å². The molecule has 1 atom stereocenters. The zero-order valence-electron chi connectivity index (χ0n) is 17.2. The summed E-state index contributed by atoms with van der Waals surface area (Å²) in [6, 6.07) is 14.4. The van der Waals surface area contributed by atoms with Gasteiger partial charge in [0.2, 0.25) is 0 Å². The SMILES string of the molecule is CC1(C)N=C(c2ccc3oc(=O)ccc3c2)c2cccc(S(C)(=N)=O)c2C1(C)C. The number of hydrogen-bond acceptors (Lipinski definition) is 5. The molecule has 0 spiro atoms. The van der Waals surface area contributed by atoms with Gasteiger partial charge in [-0.1, -0.05) is 26.0 Å². The topological polar surface area (TPSA) is 83.5 Å². The lowest BCUT2D eigenvalue weighted by Crippen LogP contribution is -2.47. The molecule has 0 saturated carbocycles. The van der Waals surface area contributed by atoms with Crippen molar-refractivity contribution in [3.63, 3.8) is 0 Å². The molecule has 1 aliphatic rings. The third kappa shape index (κ3) is 3.02. The molecule has 6 heteroatoms. The van der Waals surface area contributed by atoms with Crippen molar-refractivity contribution in [2.45, 2.75) is 43.5 Å². The maximum absolute atomic E-state index is 12.8. The smallest absolute Gasteiger partial charge is 0.336 e. The maximum Gasteiger partial charge on any atom is 0.336 e. The van der Waals surface area contributed by atoms with Gasteiger partial charge in [0.05, 0.1) is 25.9 Å². The molecule has 5 nitrogen and oxygen atoms in total. The summed E-state index contributed by atoms with van der Waals surface area (Å²) >= 11 is 0. The van der Waals surface area contributed by atoms with E-state index in [-0.39, 0.29) is 5.63 Å². The Hall–Kier alpha value is -2.73. The summed E-state index contributed by atoms with van der Waals surface area (Å²) in [5.41, 5.74) is 2.74. The summed E-state index contributed by atoms with van der Waals surface area (Å²) in [5.74, 6) is 0. The van der Waals surface area contributed by atoms with Gasteiger partial charge in [-0.3, -0.25) is 4.99 Å². The van der Waals surface area contributed by atoms with E-state index in [9.17, 15) is 9.00 Å². The molecule has 0 bridgehead atoms. The van der Waals surface area contributed by atoms with Crippen LogP contribution < -0.4 is 5.63 Å². The molecule has 1 N–H and O–H groups in total. The lowest BCUT2D eigenvalue weighted by Gasteiger charge is -2.45. The van der Waals surface area contributed by atoms with E-state index >= 15 is 0 Å². The van der Waals surface area contributed by atoms with Gasteiger partial charge < -0.3 is 4.42 Å². The number of aliphatic imine (C=N–C) groups is 1. The van der Waals surface area contributed by atoms with Crippen LogP contribution in [0.5, 0.6) is 0 Å². The van der Waals surface area contributed by atoms with Crippen molar-refractivity contribution in [3.8, 4) is 0 Å². The molecule has 1 unspecified atom stereocenters. The lowest BCUT2D eigenvalue weighted by molar-refractivity contribution is 0.299. The summed E-state index contributed by atoms with van der Waals surface area (Å²) < 4.78 is 26.3. The molecule has 3 aromatic rings. The third-order valence-electron chi connectivity index (χ3n) is 6.14. The Balaban J connectivity index is 2.05. The van der Waals surface area contributed by atoms with Crippen molar-refractivity contribution in [1.82, 2.24) is 0 Å². The second kappa shape index (κ2) is 6.13. The molecule has 0 fully saturated rings. The van der Waals surface area contributed by atoms with E-state index in [1.165, 1.54) is 12.3 Å². The second-order valence-electron chi connectivity index (χ2n) is 8.67. The first kappa shape index (κ1) is 19.6. The predicted octanol–water partition coefficient (Wildman–Crippen LogP) is 4.74. The van der Waals surface area contributed by atoms with Crippen molar-refractivity contribution in [1.29, 1.82) is 4.78 Å². The van der Waals surface area contributed by atoms with Gasteiger partial charge in [0.15, 0.2) is 0 Å². The lowest BCUT2D eigenvalue weighted by atomic mass is 9.65. The van der Waals surface area contributed by atoms with Gasteiger partial charge in [-0.2, -0.15) is 0 Å². The van der Waals surface area contributed by atoms with Crippen molar-refractivity contribution < 1.29 is 8.63 Å². The molecule has 1 aliphatic heterocycles. The Kier molecular flexibility index (Phi) is 4.14. The molecule has 0 amide bonds. The molecule has 29 heavy (non-hydrogen) atoms. The minimum atomic E-state index is -2.92. The highest BCUT2D eigenvalue weighted by atomic mass is 32.2. The standard InChI is InChI=1S/C23H24N2O3S/c1-22(2)20-16(7-6-8-18(20)29(5,24)27)21(25-23(22,3)4)15-9-11-17-14(13-15)10-12-19(26)28-17/h6-13,24H,1-5H3. The average Bonchev–Trinajstić information content (AvgIpc) is 2.63. The average molecular weight is 409 g/mol. The van der Waals surface area contributed by atoms with E-state index in [0.717, 1.165) is 27.8 Å². The maximum atomic E-state index is 12.8. The van der Waals surface area contributed by atoms with Crippen LogP contribution in [0.1, 0.15) is 44.4 Å². The number of rotatable bonds is 2. The van der Waals surface area contributed by atoms with Crippen molar-refractivity contribution in [3.05, 3.63) is 75.6 Å². The molecule has 0 aliphatic carbocycles. The van der Waals surface area contributed by atoms with E-state index in [4.69, 9.17) is 14.2 Å². The van der Waals surface area contributed by atoms with E-state index in [0.29, 0.717) is 10.5 Å². The largest absolute Gasteiger partial charge is 0.423 e. The van der Waals surface area contributed by atoms with Crippen molar-refractivity contribution in [2.75, 3.05) is 6.26 Å². The zero-order chi connectivity index (χ0) is 21.2. The highest BCUT2D eigenvalue weighted by Crippen LogP contribution is 2.46. The summed E-state index contributed by atoms with van der Waals surface area (Å²) in [6.45, 7) is 8.31. The van der Waals surface area contributed by atoms with Crippen LogP contribution in [0.4, 0.5) is 0 Å². The Morgan fingerprint density at radius 3 is 2.45 bits per heavy atom. The Bertz CT molecular complexity index is 1350. The Labute approximate surface area is 170 Å². The first-order chi connectivity index (χ1) is 13.4. The normalized spacial score (nSPS) is 19.3. The quantitative estimate of drug-likeness (QED) is 0.622. The molecule has 4 rings (SSSR count). The summed E-state index contributed by atoms with van der Waals surface area (Å²) in [5, 5.41) is 0.810. The van der Waals surface area contributed by atoms with Crippen LogP contribution in [0.15, 0.2) is 67.6 Å². The minimum Gasteiger partial charge on any atom is -0.423 e. The van der Waals surface area contributed by atoms with Crippen LogP contribution in [0, 0.1) is 4.78 Å². The first-order valence-corrected chi connectivity index (χ1v) is 11.4. The van der Waals surface area contributed by atoms with Crippen LogP contribution in [-0.2, 0) is 15.1 Å². The van der Waals surface area contributed by atoms with Crippen LogP contribution in [0.3, 0.4) is 0 Å². The van der Waals surface area contributed by atoms with Crippen LogP contribution in [0.2, 0.25) is 0 Å². The molecule has 0 saturated heterocycles. The summed E-state index contributed by atoms with van der Waals surface area (Å²) in [4.78, 5) is 17.1. The molecule has 2 heterocycles. The van der Waals surface area contributed by atoms with Gasteiger partial charge in [-0.05, 0) is 49.7 Å². The summed E-state index contributed by atoms with van der Waals surface area (Å²) in [7, 11) is -2.92. The van der Waals surface area contributed by atoms with E-state index in [2.05, 4.69) is 27.7 Å². The second-order valence-corrected chi connectivity index (χ2v) is 10.8. The molecule has 0 radical (unpaired) electrons. The molecular formula is C23H24N2O3S. The Morgan fingerprint density at radius 2 is 1.76 bits per heavy atom. The number of nitrogens with zero attached hydrogens (tertiary/aromatic N) is 1. The summed E-state index contributed by atoms with van der Waals surface area (Å²) in [6.07, 6.45) is 1.47. The minimum absolute atomic E-state index is 0.383. The number of benzene rings is 2. The fourth-order valence-corrected chi connectivity index (χ4v) is 5.02. The van der Waals surface area contributed by atoms with E-state index in [1.807, 2.05) is 24.3 Å². The Morgan fingerprint density at radius 1 is 1.03 bits per heavy atom. The molecular weight excluding hydrogens is 384 g/mol. The van der Waals surface area contributed by atoms with Gasteiger partial charge in [-0.25, -0.2) is 13.8 Å². The predicted molar refractivity (Wildman–Crippen MR) is 117 cm³/mol.